The number of aliphatic hydroxyl groups excluding tert-OH is 1. The summed E-state index contributed by atoms with van der Waals surface area (Å²) in [5.74, 6) is 1.79. The van der Waals surface area contributed by atoms with Crippen molar-refractivity contribution in [3.05, 3.63) is 18.6 Å². The molecule has 2 N–H and O–H groups in total. The monoisotopic (exact) mass is 273 g/mol. The van der Waals surface area contributed by atoms with E-state index in [0.717, 1.165) is 43.0 Å². The molecule has 20 heavy (non-hydrogen) atoms. The second-order valence-corrected chi connectivity index (χ2v) is 5.78. The van der Waals surface area contributed by atoms with Crippen LogP contribution >= 0.6 is 0 Å². The van der Waals surface area contributed by atoms with Crippen LogP contribution in [0.1, 0.15) is 25.7 Å². The van der Waals surface area contributed by atoms with Gasteiger partial charge < -0.3 is 19.7 Å². The molecule has 2 fully saturated rings. The van der Waals surface area contributed by atoms with Crippen LogP contribution < -0.4 is 10.2 Å². The maximum absolute atomic E-state index is 9.95. The standard InChI is InChI=1S/C14H19N5O/c1-15-12-8-18-5-4-16-13(18)14(17-12)19-9-2-3-10(19)7-11(20)6-9/h4-5,8-11,15,20H,2-3,6-7H2,1H3. The molecule has 2 bridgehead atoms. The van der Waals surface area contributed by atoms with Gasteiger partial charge in [-0.2, -0.15) is 0 Å². The van der Waals surface area contributed by atoms with Gasteiger partial charge in [-0.3, -0.25) is 0 Å². The molecule has 6 nitrogen and oxygen atoms in total. The van der Waals surface area contributed by atoms with Gasteiger partial charge in [0.2, 0.25) is 0 Å². The molecule has 2 aromatic rings. The number of aromatic nitrogens is 3. The predicted octanol–water partition coefficient (Wildman–Crippen LogP) is 1.26. The van der Waals surface area contributed by atoms with Gasteiger partial charge in [0.1, 0.15) is 5.82 Å². The lowest BCUT2D eigenvalue weighted by Gasteiger charge is -2.38. The third-order valence-electron chi connectivity index (χ3n) is 4.57. The van der Waals surface area contributed by atoms with Crippen LogP contribution in [0.15, 0.2) is 18.6 Å². The van der Waals surface area contributed by atoms with E-state index in [1.54, 1.807) is 6.20 Å². The lowest BCUT2D eigenvalue weighted by atomic mass is 10.00. The van der Waals surface area contributed by atoms with E-state index < -0.39 is 0 Å². The van der Waals surface area contributed by atoms with Crippen molar-refractivity contribution in [3.8, 4) is 0 Å². The van der Waals surface area contributed by atoms with E-state index in [2.05, 4.69) is 15.2 Å². The fourth-order valence-corrected chi connectivity index (χ4v) is 3.70. The van der Waals surface area contributed by atoms with Crippen molar-refractivity contribution >= 4 is 17.3 Å². The van der Waals surface area contributed by atoms with Gasteiger partial charge in [0, 0.05) is 31.5 Å². The number of hydrogen-bond acceptors (Lipinski definition) is 5. The van der Waals surface area contributed by atoms with E-state index in [-0.39, 0.29) is 6.10 Å². The van der Waals surface area contributed by atoms with Gasteiger partial charge >= 0.3 is 0 Å². The van der Waals surface area contributed by atoms with E-state index in [0.29, 0.717) is 12.1 Å². The van der Waals surface area contributed by atoms with Crippen molar-refractivity contribution in [3.63, 3.8) is 0 Å². The molecule has 0 saturated carbocycles. The minimum Gasteiger partial charge on any atom is -0.393 e. The Bertz CT molecular complexity index is 626. The van der Waals surface area contributed by atoms with Crippen molar-refractivity contribution < 1.29 is 5.11 Å². The third-order valence-corrected chi connectivity index (χ3v) is 4.57. The quantitative estimate of drug-likeness (QED) is 0.862. The summed E-state index contributed by atoms with van der Waals surface area (Å²) in [5, 5.41) is 13.1. The molecule has 4 heterocycles. The number of imidazole rings is 1. The Morgan fingerprint density at radius 2 is 2.05 bits per heavy atom. The zero-order valence-electron chi connectivity index (χ0n) is 11.5. The number of rotatable bonds is 2. The number of nitrogens with one attached hydrogen (secondary N) is 1. The van der Waals surface area contributed by atoms with Crippen molar-refractivity contribution in [2.24, 2.45) is 0 Å². The summed E-state index contributed by atoms with van der Waals surface area (Å²) in [5.41, 5.74) is 0.900. The molecule has 2 atom stereocenters. The van der Waals surface area contributed by atoms with Crippen LogP contribution in [0.4, 0.5) is 11.6 Å². The van der Waals surface area contributed by atoms with Crippen molar-refractivity contribution in [2.45, 2.75) is 43.9 Å². The molecule has 0 spiro atoms. The fraction of sp³-hybridized carbons (Fsp3) is 0.571. The van der Waals surface area contributed by atoms with E-state index >= 15 is 0 Å². The van der Waals surface area contributed by atoms with Crippen LogP contribution in [0, 0.1) is 0 Å². The molecular formula is C14H19N5O. The topological polar surface area (TPSA) is 65.7 Å². The maximum atomic E-state index is 9.95. The Morgan fingerprint density at radius 1 is 1.30 bits per heavy atom. The van der Waals surface area contributed by atoms with Crippen molar-refractivity contribution in [1.82, 2.24) is 14.4 Å². The molecule has 0 aromatic carbocycles. The summed E-state index contributed by atoms with van der Waals surface area (Å²) in [4.78, 5) is 11.6. The summed E-state index contributed by atoms with van der Waals surface area (Å²) in [6.45, 7) is 0. The minimum absolute atomic E-state index is 0.160. The summed E-state index contributed by atoms with van der Waals surface area (Å²) in [6.07, 6.45) is 9.51. The van der Waals surface area contributed by atoms with E-state index in [1.807, 2.05) is 23.8 Å². The van der Waals surface area contributed by atoms with E-state index in [9.17, 15) is 5.11 Å². The highest BCUT2D eigenvalue weighted by Gasteiger charge is 2.41. The summed E-state index contributed by atoms with van der Waals surface area (Å²) in [6, 6.07) is 0.785. The highest BCUT2D eigenvalue weighted by molar-refractivity contribution is 5.68. The summed E-state index contributed by atoms with van der Waals surface area (Å²) >= 11 is 0. The first-order valence-corrected chi connectivity index (χ1v) is 7.24. The Labute approximate surface area is 117 Å². The van der Waals surface area contributed by atoms with Crippen LogP contribution in [0.25, 0.3) is 5.65 Å². The zero-order valence-corrected chi connectivity index (χ0v) is 11.5. The van der Waals surface area contributed by atoms with Gasteiger partial charge in [0.15, 0.2) is 11.5 Å². The summed E-state index contributed by atoms with van der Waals surface area (Å²) in [7, 11) is 1.88. The van der Waals surface area contributed by atoms with E-state index in [4.69, 9.17) is 4.98 Å². The maximum Gasteiger partial charge on any atom is 0.180 e. The molecule has 2 aliphatic heterocycles. The van der Waals surface area contributed by atoms with Crippen LogP contribution in [-0.4, -0.2) is 44.7 Å². The molecule has 2 aromatic heterocycles. The zero-order chi connectivity index (χ0) is 13.7. The van der Waals surface area contributed by atoms with Gasteiger partial charge in [-0.1, -0.05) is 0 Å². The Morgan fingerprint density at radius 3 is 2.75 bits per heavy atom. The number of hydrogen-bond donors (Lipinski definition) is 2. The molecule has 4 rings (SSSR count). The van der Waals surface area contributed by atoms with E-state index in [1.165, 1.54) is 0 Å². The smallest absolute Gasteiger partial charge is 0.180 e. The number of nitrogens with zero attached hydrogens (tertiary/aromatic N) is 4. The molecule has 2 aliphatic rings. The lowest BCUT2D eigenvalue weighted by molar-refractivity contribution is 0.126. The van der Waals surface area contributed by atoms with Crippen LogP contribution in [0.2, 0.25) is 0 Å². The normalized spacial score (nSPS) is 29.1. The van der Waals surface area contributed by atoms with Gasteiger partial charge in [-0.25, -0.2) is 9.97 Å². The Balaban J connectivity index is 1.83. The van der Waals surface area contributed by atoms with Crippen LogP contribution in [0.3, 0.4) is 0 Å². The largest absolute Gasteiger partial charge is 0.393 e. The fourth-order valence-electron chi connectivity index (χ4n) is 3.70. The molecular weight excluding hydrogens is 254 g/mol. The molecule has 106 valence electrons. The number of fused-ring (bicyclic) bond motifs is 3. The van der Waals surface area contributed by atoms with Gasteiger partial charge in [0.25, 0.3) is 0 Å². The molecule has 2 unspecified atom stereocenters. The molecule has 0 aliphatic carbocycles. The highest BCUT2D eigenvalue weighted by Crippen LogP contribution is 2.40. The average Bonchev–Trinajstić information content (AvgIpc) is 3.01. The molecule has 2 saturated heterocycles. The Hall–Kier alpha value is -1.82. The van der Waals surface area contributed by atoms with Gasteiger partial charge in [-0.15, -0.1) is 0 Å². The second kappa shape index (κ2) is 4.34. The van der Waals surface area contributed by atoms with Gasteiger partial charge in [0.05, 0.1) is 12.3 Å². The first-order chi connectivity index (χ1) is 9.76. The number of aliphatic hydroxyl groups is 1. The molecule has 0 amide bonds. The second-order valence-electron chi connectivity index (χ2n) is 5.78. The highest BCUT2D eigenvalue weighted by atomic mass is 16.3. The average molecular weight is 273 g/mol. The minimum atomic E-state index is -0.160. The van der Waals surface area contributed by atoms with Crippen molar-refractivity contribution in [2.75, 3.05) is 17.3 Å². The first-order valence-electron chi connectivity index (χ1n) is 7.24. The number of anilines is 2. The first kappa shape index (κ1) is 12.0. The SMILES string of the molecule is CNc1cn2ccnc2c(N2C3CCC2CC(O)C3)n1. The third kappa shape index (κ3) is 1.67. The Kier molecular flexibility index (Phi) is 2.60. The van der Waals surface area contributed by atoms with Crippen LogP contribution in [0.5, 0.6) is 0 Å². The van der Waals surface area contributed by atoms with Crippen LogP contribution in [-0.2, 0) is 0 Å². The molecule has 0 radical (unpaired) electrons. The lowest BCUT2D eigenvalue weighted by Crippen LogP contribution is -2.45. The predicted molar refractivity (Wildman–Crippen MR) is 77.1 cm³/mol. The summed E-state index contributed by atoms with van der Waals surface area (Å²) < 4.78 is 2.01. The van der Waals surface area contributed by atoms with Crippen molar-refractivity contribution in [1.29, 1.82) is 0 Å². The number of piperidine rings is 1. The van der Waals surface area contributed by atoms with Gasteiger partial charge in [-0.05, 0) is 25.7 Å². The molecule has 6 heteroatoms.